The summed E-state index contributed by atoms with van der Waals surface area (Å²) < 4.78 is 10.9. The quantitative estimate of drug-likeness (QED) is 0.531. The minimum atomic E-state index is -0.474. The van der Waals surface area contributed by atoms with E-state index in [-0.39, 0.29) is 18.2 Å². The summed E-state index contributed by atoms with van der Waals surface area (Å²) in [6.45, 7) is 4.80. The van der Waals surface area contributed by atoms with Crippen molar-refractivity contribution >= 4 is 17.4 Å². The molecule has 0 radical (unpaired) electrons. The second-order valence-corrected chi connectivity index (χ2v) is 6.19. The van der Waals surface area contributed by atoms with Gasteiger partial charge in [0.1, 0.15) is 23.5 Å². The van der Waals surface area contributed by atoms with Crippen LogP contribution in [0.3, 0.4) is 0 Å². The number of hydrogen-bond donors (Lipinski definition) is 0. The van der Waals surface area contributed by atoms with Gasteiger partial charge in [-0.25, -0.2) is 4.98 Å². The van der Waals surface area contributed by atoms with Gasteiger partial charge in [-0.3, -0.25) is 14.9 Å². The zero-order chi connectivity index (χ0) is 19.9. The minimum absolute atomic E-state index is 0.0240. The first-order chi connectivity index (χ1) is 13.6. The maximum atomic E-state index is 12.4. The Kier molecular flexibility index (Phi) is 6.25. The van der Waals surface area contributed by atoms with Gasteiger partial charge in [0.15, 0.2) is 6.61 Å². The molecule has 9 nitrogen and oxygen atoms in total. The molecular formula is C19H22N4O5. The van der Waals surface area contributed by atoms with E-state index in [4.69, 9.17) is 9.47 Å². The summed E-state index contributed by atoms with van der Waals surface area (Å²) in [5, 5.41) is 10.7. The predicted octanol–water partition coefficient (Wildman–Crippen LogP) is 2.12. The van der Waals surface area contributed by atoms with Crippen LogP contribution in [-0.4, -0.2) is 60.1 Å². The van der Waals surface area contributed by atoms with Gasteiger partial charge in [0, 0.05) is 32.2 Å². The van der Waals surface area contributed by atoms with Crippen LogP contribution in [0.25, 0.3) is 0 Å². The number of rotatable bonds is 7. The van der Waals surface area contributed by atoms with Gasteiger partial charge in [0.05, 0.1) is 11.5 Å². The van der Waals surface area contributed by atoms with Crippen LogP contribution < -0.4 is 14.4 Å². The number of amides is 1. The normalized spacial score (nSPS) is 13.9. The van der Waals surface area contributed by atoms with E-state index >= 15 is 0 Å². The van der Waals surface area contributed by atoms with Crippen LogP contribution in [0.1, 0.15) is 6.92 Å². The van der Waals surface area contributed by atoms with Gasteiger partial charge < -0.3 is 19.3 Å². The second kappa shape index (κ2) is 9.03. The fraction of sp³-hybridized carbons (Fsp3) is 0.368. The number of nitrogens with zero attached hydrogens (tertiary/aromatic N) is 4. The summed E-state index contributed by atoms with van der Waals surface area (Å²) in [5.41, 5.74) is -0.0380. The van der Waals surface area contributed by atoms with Crippen molar-refractivity contribution < 1.29 is 19.2 Å². The third-order valence-electron chi connectivity index (χ3n) is 4.40. The topological polar surface area (TPSA) is 98.0 Å². The van der Waals surface area contributed by atoms with E-state index in [1.807, 2.05) is 11.8 Å². The van der Waals surface area contributed by atoms with Gasteiger partial charge in [-0.05, 0) is 37.3 Å². The number of ether oxygens (including phenoxy) is 2. The largest absolute Gasteiger partial charge is 0.494 e. The Labute approximate surface area is 162 Å². The molecule has 1 fully saturated rings. The van der Waals surface area contributed by atoms with Crippen LogP contribution in [0, 0.1) is 10.1 Å². The Bertz CT molecular complexity index is 802. The number of benzene rings is 1. The maximum Gasteiger partial charge on any atom is 0.287 e. The van der Waals surface area contributed by atoms with Crippen LogP contribution >= 0.6 is 0 Å². The molecule has 1 aliphatic rings. The highest BCUT2D eigenvalue weighted by molar-refractivity contribution is 5.78. The molecule has 0 unspecified atom stereocenters. The smallest absolute Gasteiger partial charge is 0.287 e. The molecule has 1 aromatic carbocycles. The summed E-state index contributed by atoms with van der Waals surface area (Å²) >= 11 is 0. The van der Waals surface area contributed by atoms with Crippen LogP contribution in [0.4, 0.5) is 11.5 Å². The molecule has 1 saturated heterocycles. The Morgan fingerprint density at radius 2 is 1.71 bits per heavy atom. The fourth-order valence-corrected chi connectivity index (χ4v) is 2.89. The van der Waals surface area contributed by atoms with Crippen LogP contribution in [0.15, 0.2) is 42.6 Å². The third kappa shape index (κ3) is 4.87. The number of carbonyl (C=O) groups excluding carboxylic acids is 1. The van der Waals surface area contributed by atoms with E-state index in [0.717, 1.165) is 5.75 Å². The summed E-state index contributed by atoms with van der Waals surface area (Å²) in [4.78, 5) is 30.5. The zero-order valence-corrected chi connectivity index (χ0v) is 15.6. The van der Waals surface area contributed by atoms with Gasteiger partial charge in [-0.2, -0.15) is 0 Å². The first-order valence-electron chi connectivity index (χ1n) is 9.05. The first kappa shape index (κ1) is 19.4. The molecule has 1 aliphatic heterocycles. The highest BCUT2D eigenvalue weighted by atomic mass is 16.6. The molecule has 0 atom stereocenters. The average Bonchev–Trinajstić information content (AvgIpc) is 2.73. The molecule has 2 heterocycles. The van der Waals surface area contributed by atoms with Crippen molar-refractivity contribution in [3.8, 4) is 11.5 Å². The monoisotopic (exact) mass is 386 g/mol. The van der Waals surface area contributed by atoms with Gasteiger partial charge in [0.2, 0.25) is 0 Å². The van der Waals surface area contributed by atoms with Crippen LogP contribution in [-0.2, 0) is 4.79 Å². The van der Waals surface area contributed by atoms with E-state index in [1.165, 1.54) is 12.3 Å². The highest BCUT2D eigenvalue weighted by Crippen LogP contribution is 2.19. The van der Waals surface area contributed by atoms with Crippen LogP contribution in [0.2, 0.25) is 0 Å². The van der Waals surface area contributed by atoms with Crippen molar-refractivity contribution in [3.63, 3.8) is 0 Å². The third-order valence-corrected chi connectivity index (χ3v) is 4.40. The second-order valence-electron chi connectivity index (χ2n) is 6.19. The lowest BCUT2D eigenvalue weighted by molar-refractivity contribution is -0.385. The molecule has 0 saturated carbocycles. The molecule has 0 aliphatic carbocycles. The molecule has 0 N–H and O–H groups in total. The Morgan fingerprint density at radius 1 is 1.07 bits per heavy atom. The number of piperazine rings is 1. The van der Waals surface area contributed by atoms with Crippen molar-refractivity contribution in [2.24, 2.45) is 0 Å². The molecule has 0 spiro atoms. The Morgan fingerprint density at radius 3 is 2.25 bits per heavy atom. The van der Waals surface area contributed by atoms with E-state index in [0.29, 0.717) is 44.4 Å². The standard InChI is InChI=1S/C19H22N4O5/c1-2-27-16-4-6-17(7-5-16)28-14-19(24)22-11-9-21(10-12-22)18-8-3-15(13-20-18)23(25)26/h3-8,13H,2,9-12,14H2,1H3. The number of carbonyl (C=O) groups is 1. The first-order valence-corrected chi connectivity index (χ1v) is 9.05. The zero-order valence-electron chi connectivity index (χ0n) is 15.6. The highest BCUT2D eigenvalue weighted by Gasteiger charge is 2.22. The van der Waals surface area contributed by atoms with Crippen molar-refractivity contribution in [1.29, 1.82) is 0 Å². The lowest BCUT2D eigenvalue weighted by atomic mass is 10.3. The number of aromatic nitrogens is 1. The minimum Gasteiger partial charge on any atom is -0.494 e. The van der Waals surface area contributed by atoms with Gasteiger partial charge in [-0.15, -0.1) is 0 Å². The summed E-state index contributed by atoms with van der Waals surface area (Å²) in [6.07, 6.45) is 1.25. The van der Waals surface area contributed by atoms with E-state index < -0.39 is 4.92 Å². The predicted molar refractivity (Wildman–Crippen MR) is 103 cm³/mol. The van der Waals surface area contributed by atoms with Gasteiger partial charge in [0.25, 0.3) is 11.6 Å². The molecular weight excluding hydrogens is 364 g/mol. The van der Waals surface area contributed by atoms with E-state index in [2.05, 4.69) is 4.98 Å². The van der Waals surface area contributed by atoms with Crippen molar-refractivity contribution in [1.82, 2.24) is 9.88 Å². The number of nitro groups is 1. The Balaban J connectivity index is 1.46. The molecule has 3 rings (SSSR count). The molecule has 2 aromatic rings. The SMILES string of the molecule is CCOc1ccc(OCC(=O)N2CCN(c3ccc([N+](=O)[O-])cn3)CC2)cc1. The molecule has 28 heavy (non-hydrogen) atoms. The number of hydrogen-bond acceptors (Lipinski definition) is 7. The molecule has 1 aromatic heterocycles. The summed E-state index contributed by atoms with van der Waals surface area (Å²) in [5.74, 6) is 1.97. The van der Waals surface area contributed by atoms with Crippen molar-refractivity contribution in [2.75, 3.05) is 44.3 Å². The summed E-state index contributed by atoms with van der Waals surface area (Å²) in [6, 6.07) is 10.2. The maximum absolute atomic E-state index is 12.4. The van der Waals surface area contributed by atoms with Crippen LogP contribution in [0.5, 0.6) is 11.5 Å². The lowest BCUT2D eigenvalue weighted by Gasteiger charge is -2.35. The van der Waals surface area contributed by atoms with E-state index in [1.54, 1.807) is 35.2 Å². The van der Waals surface area contributed by atoms with Gasteiger partial charge in [-0.1, -0.05) is 0 Å². The molecule has 1 amide bonds. The molecule has 0 bridgehead atoms. The fourth-order valence-electron chi connectivity index (χ4n) is 2.89. The Hall–Kier alpha value is -3.36. The van der Waals surface area contributed by atoms with Gasteiger partial charge >= 0.3 is 0 Å². The summed E-state index contributed by atoms with van der Waals surface area (Å²) in [7, 11) is 0. The average molecular weight is 386 g/mol. The van der Waals surface area contributed by atoms with Crippen molar-refractivity contribution in [2.45, 2.75) is 6.92 Å². The number of anilines is 1. The molecule has 9 heteroatoms. The van der Waals surface area contributed by atoms with E-state index in [9.17, 15) is 14.9 Å². The van der Waals surface area contributed by atoms with Crippen molar-refractivity contribution in [3.05, 3.63) is 52.7 Å². The molecule has 148 valence electrons. The number of pyridine rings is 1. The lowest BCUT2D eigenvalue weighted by Crippen LogP contribution is -2.50.